The second kappa shape index (κ2) is 6.46. The Balaban J connectivity index is 1.62. The maximum absolute atomic E-state index is 12.6. The van der Waals surface area contributed by atoms with E-state index in [4.69, 9.17) is 16.0 Å². The number of fused-ring (bicyclic) bond motifs is 1. The summed E-state index contributed by atoms with van der Waals surface area (Å²) >= 11 is 6.16. The maximum Gasteiger partial charge on any atom is 0.279 e. The van der Waals surface area contributed by atoms with Gasteiger partial charge < -0.3 is 15.1 Å². The number of amides is 1. The number of nitrogens with zero attached hydrogens (tertiary/aromatic N) is 2. The number of benzene rings is 1. The van der Waals surface area contributed by atoms with Crippen LogP contribution in [0.4, 0.5) is 5.82 Å². The van der Waals surface area contributed by atoms with E-state index >= 15 is 0 Å². The van der Waals surface area contributed by atoms with Gasteiger partial charge in [0, 0.05) is 10.4 Å². The van der Waals surface area contributed by atoms with Gasteiger partial charge in [-0.2, -0.15) is 0 Å². The topological polar surface area (TPSA) is 80.0 Å². The molecule has 7 heteroatoms. The minimum atomic E-state index is -0.330. The highest BCUT2D eigenvalue weighted by Crippen LogP contribution is 2.27. The number of carbonyl (C=O) groups excluding carboxylic acids is 1. The van der Waals surface area contributed by atoms with Crippen molar-refractivity contribution in [2.24, 2.45) is 0 Å². The van der Waals surface area contributed by atoms with Crippen molar-refractivity contribution in [2.45, 2.75) is 25.8 Å². The van der Waals surface area contributed by atoms with Gasteiger partial charge in [-0.05, 0) is 50.1 Å². The van der Waals surface area contributed by atoms with Crippen molar-refractivity contribution in [3.63, 3.8) is 0 Å². The molecule has 0 spiro atoms. The van der Waals surface area contributed by atoms with Gasteiger partial charge in [0.2, 0.25) is 0 Å². The lowest BCUT2D eigenvalue weighted by molar-refractivity contribution is 0.101. The second-order valence-electron chi connectivity index (χ2n) is 6.11. The average Bonchev–Trinajstić information content (AvgIpc) is 3.29. The molecule has 2 aromatic heterocycles. The molecule has 25 heavy (non-hydrogen) atoms. The predicted octanol–water partition coefficient (Wildman–Crippen LogP) is 3.86. The molecule has 3 heterocycles. The molecule has 1 aliphatic rings. The van der Waals surface area contributed by atoms with Crippen molar-refractivity contribution in [3.8, 4) is 0 Å². The standard InChI is InChI=1S/C18H17ClN4O2/c1-10-12(19)6-4-11-5-7-14(22-15(10)11)23-18(24)16-17(25-9-21-16)13-3-2-8-20-13/h4-7,9,13,20H,2-3,8H2,1H3,(H,22,23,24). The zero-order chi connectivity index (χ0) is 17.4. The highest BCUT2D eigenvalue weighted by atomic mass is 35.5. The summed E-state index contributed by atoms with van der Waals surface area (Å²) in [6.07, 6.45) is 3.29. The number of nitrogens with one attached hydrogen (secondary N) is 2. The number of rotatable bonds is 3. The molecular weight excluding hydrogens is 340 g/mol. The van der Waals surface area contributed by atoms with E-state index in [1.165, 1.54) is 6.39 Å². The molecule has 3 aromatic rings. The minimum absolute atomic E-state index is 0.0360. The van der Waals surface area contributed by atoms with E-state index in [0.717, 1.165) is 35.9 Å². The Hall–Kier alpha value is -2.44. The van der Waals surface area contributed by atoms with Crippen molar-refractivity contribution in [2.75, 3.05) is 11.9 Å². The van der Waals surface area contributed by atoms with Crippen LogP contribution >= 0.6 is 11.6 Å². The van der Waals surface area contributed by atoms with Crippen molar-refractivity contribution < 1.29 is 9.21 Å². The first-order valence-corrected chi connectivity index (χ1v) is 8.55. The molecule has 6 nitrogen and oxygen atoms in total. The molecule has 1 amide bonds. The van der Waals surface area contributed by atoms with E-state index in [-0.39, 0.29) is 11.9 Å². The second-order valence-corrected chi connectivity index (χ2v) is 6.52. The van der Waals surface area contributed by atoms with Crippen molar-refractivity contribution in [3.05, 3.63) is 52.7 Å². The number of hydrogen-bond acceptors (Lipinski definition) is 5. The Kier molecular flexibility index (Phi) is 4.15. The van der Waals surface area contributed by atoms with Gasteiger partial charge in [0.25, 0.3) is 5.91 Å². The van der Waals surface area contributed by atoms with Crippen LogP contribution in [0.25, 0.3) is 10.9 Å². The Morgan fingerprint density at radius 3 is 3.00 bits per heavy atom. The number of hydrogen-bond donors (Lipinski definition) is 2. The number of pyridine rings is 1. The van der Waals surface area contributed by atoms with Crippen LogP contribution in [-0.2, 0) is 0 Å². The molecule has 0 aliphatic carbocycles. The largest absolute Gasteiger partial charge is 0.446 e. The molecule has 1 aliphatic heterocycles. The summed E-state index contributed by atoms with van der Waals surface area (Å²) in [6, 6.07) is 7.46. The number of carbonyl (C=O) groups is 1. The molecule has 4 rings (SSSR count). The highest BCUT2D eigenvalue weighted by Gasteiger charge is 2.27. The van der Waals surface area contributed by atoms with Gasteiger partial charge >= 0.3 is 0 Å². The van der Waals surface area contributed by atoms with Crippen LogP contribution < -0.4 is 10.6 Å². The lowest BCUT2D eigenvalue weighted by Gasteiger charge is -2.10. The van der Waals surface area contributed by atoms with Gasteiger partial charge in [-0.3, -0.25) is 4.79 Å². The summed E-state index contributed by atoms with van der Waals surface area (Å²) in [6.45, 7) is 2.82. The predicted molar refractivity (Wildman–Crippen MR) is 95.9 cm³/mol. The van der Waals surface area contributed by atoms with Gasteiger partial charge in [0.15, 0.2) is 17.8 Å². The summed E-state index contributed by atoms with van der Waals surface area (Å²) in [5.41, 5.74) is 1.94. The third-order valence-electron chi connectivity index (χ3n) is 4.48. The van der Waals surface area contributed by atoms with E-state index < -0.39 is 0 Å². The molecule has 1 unspecified atom stereocenters. The van der Waals surface area contributed by atoms with Crippen LogP contribution in [0.15, 0.2) is 35.1 Å². The minimum Gasteiger partial charge on any atom is -0.446 e. The van der Waals surface area contributed by atoms with Crippen LogP contribution in [-0.4, -0.2) is 22.4 Å². The SMILES string of the molecule is Cc1c(Cl)ccc2ccc(NC(=O)c3ncoc3C3CCCN3)nc12. The normalized spacial score (nSPS) is 17.1. The lowest BCUT2D eigenvalue weighted by Crippen LogP contribution is -2.19. The number of oxazole rings is 1. The third-order valence-corrected chi connectivity index (χ3v) is 4.89. The van der Waals surface area contributed by atoms with Gasteiger partial charge in [0.1, 0.15) is 5.82 Å². The van der Waals surface area contributed by atoms with E-state index in [1.807, 2.05) is 25.1 Å². The Morgan fingerprint density at radius 1 is 1.36 bits per heavy atom. The van der Waals surface area contributed by atoms with Crippen LogP contribution in [0, 0.1) is 6.92 Å². The fraction of sp³-hybridized carbons (Fsp3) is 0.278. The Bertz CT molecular complexity index is 947. The fourth-order valence-electron chi connectivity index (χ4n) is 3.13. The maximum atomic E-state index is 12.6. The van der Waals surface area contributed by atoms with Crippen LogP contribution in [0.3, 0.4) is 0 Å². The molecule has 1 saturated heterocycles. The first-order valence-electron chi connectivity index (χ1n) is 8.17. The van der Waals surface area contributed by atoms with E-state index in [0.29, 0.717) is 22.3 Å². The molecule has 128 valence electrons. The van der Waals surface area contributed by atoms with Gasteiger partial charge in [-0.1, -0.05) is 17.7 Å². The molecule has 1 atom stereocenters. The first kappa shape index (κ1) is 16.1. The smallest absolute Gasteiger partial charge is 0.279 e. The van der Waals surface area contributed by atoms with E-state index in [2.05, 4.69) is 20.6 Å². The number of halogens is 1. The Labute approximate surface area is 149 Å². The number of anilines is 1. The molecule has 1 aromatic carbocycles. The fourth-order valence-corrected chi connectivity index (χ4v) is 3.28. The summed E-state index contributed by atoms with van der Waals surface area (Å²) in [5, 5.41) is 7.73. The van der Waals surface area contributed by atoms with Crippen LogP contribution in [0.2, 0.25) is 5.02 Å². The quantitative estimate of drug-likeness (QED) is 0.744. The highest BCUT2D eigenvalue weighted by molar-refractivity contribution is 6.32. The van der Waals surface area contributed by atoms with Crippen molar-refractivity contribution >= 4 is 34.2 Å². The summed E-state index contributed by atoms with van der Waals surface area (Å²) < 4.78 is 5.44. The van der Waals surface area contributed by atoms with Crippen molar-refractivity contribution in [1.82, 2.24) is 15.3 Å². The number of aryl methyl sites for hydroxylation is 1. The van der Waals surface area contributed by atoms with E-state index in [1.54, 1.807) is 6.07 Å². The summed E-state index contributed by atoms with van der Waals surface area (Å²) in [7, 11) is 0. The summed E-state index contributed by atoms with van der Waals surface area (Å²) in [5.74, 6) is 0.704. The van der Waals surface area contributed by atoms with Gasteiger partial charge in [-0.15, -0.1) is 0 Å². The van der Waals surface area contributed by atoms with Crippen LogP contribution in [0.5, 0.6) is 0 Å². The molecular formula is C18H17ClN4O2. The zero-order valence-electron chi connectivity index (χ0n) is 13.7. The molecule has 0 saturated carbocycles. The monoisotopic (exact) mass is 356 g/mol. The number of aromatic nitrogens is 2. The summed E-state index contributed by atoms with van der Waals surface area (Å²) in [4.78, 5) is 21.2. The average molecular weight is 357 g/mol. The molecule has 0 bridgehead atoms. The van der Waals surface area contributed by atoms with Gasteiger partial charge in [-0.25, -0.2) is 9.97 Å². The third kappa shape index (κ3) is 2.99. The van der Waals surface area contributed by atoms with E-state index in [9.17, 15) is 4.79 Å². The van der Waals surface area contributed by atoms with Crippen LogP contribution in [0.1, 0.15) is 40.7 Å². The molecule has 0 radical (unpaired) electrons. The molecule has 1 fully saturated rings. The Morgan fingerprint density at radius 2 is 2.20 bits per heavy atom. The molecule has 2 N–H and O–H groups in total. The van der Waals surface area contributed by atoms with Crippen molar-refractivity contribution in [1.29, 1.82) is 0 Å². The zero-order valence-corrected chi connectivity index (χ0v) is 14.4. The lowest BCUT2D eigenvalue weighted by atomic mass is 10.1. The van der Waals surface area contributed by atoms with Gasteiger partial charge in [0.05, 0.1) is 11.6 Å². The first-order chi connectivity index (χ1) is 12.1.